The van der Waals surface area contributed by atoms with Crippen LogP contribution >= 0.6 is 0 Å². The molecule has 1 aliphatic rings. The Morgan fingerprint density at radius 3 is 2.56 bits per heavy atom. The van der Waals surface area contributed by atoms with Gasteiger partial charge in [0.15, 0.2) is 17.3 Å². The number of nitrogens with zero attached hydrogens (tertiary/aromatic N) is 2. The van der Waals surface area contributed by atoms with Crippen molar-refractivity contribution in [3.8, 4) is 11.5 Å². The largest absolute Gasteiger partial charge is 0.452 e. The minimum Gasteiger partial charge on any atom is -0.452 e. The van der Waals surface area contributed by atoms with Crippen LogP contribution in [0, 0.1) is 26.6 Å². The average molecular weight is 462 g/mol. The van der Waals surface area contributed by atoms with Gasteiger partial charge in [0.05, 0.1) is 18.3 Å². The van der Waals surface area contributed by atoms with Crippen LogP contribution in [-0.2, 0) is 11.3 Å². The number of carbonyl (C=O) groups is 2. The third-order valence-corrected chi connectivity index (χ3v) is 5.92. The highest BCUT2D eigenvalue weighted by molar-refractivity contribution is 5.97. The molecule has 0 radical (unpaired) electrons. The lowest BCUT2D eigenvalue weighted by Crippen LogP contribution is -2.44. The van der Waals surface area contributed by atoms with E-state index in [1.807, 2.05) is 32.0 Å². The first-order valence-electron chi connectivity index (χ1n) is 11.3. The van der Waals surface area contributed by atoms with Gasteiger partial charge in [-0.3, -0.25) is 20.0 Å². The number of hydrogen-bond donors (Lipinski definition) is 1. The van der Waals surface area contributed by atoms with E-state index in [9.17, 15) is 14.0 Å². The summed E-state index contributed by atoms with van der Waals surface area (Å²) in [6.45, 7) is 7.30. The smallest absolute Gasteiger partial charge is 0.273 e. The quantitative estimate of drug-likeness (QED) is 0.492. The van der Waals surface area contributed by atoms with Gasteiger partial charge in [-0.05, 0) is 68.4 Å². The number of amides is 2. The first kappa shape index (κ1) is 23.4. The predicted molar refractivity (Wildman–Crippen MR) is 127 cm³/mol. The third-order valence-electron chi connectivity index (χ3n) is 5.92. The van der Waals surface area contributed by atoms with Crippen LogP contribution in [0.5, 0.6) is 11.5 Å². The Labute approximate surface area is 198 Å². The van der Waals surface area contributed by atoms with E-state index >= 15 is 0 Å². The minimum atomic E-state index is -0.542. The summed E-state index contributed by atoms with van der Waals surface area (Å²) in [6.07, 6.45) is 3.32. The van der Waals surface area contributed by atoms with E-state index in [0.717, 1.165) is 29.5 Å². The number of nitrogens with one attached hydrogen (secondary N) is 1. The Morgan fingerprint density at radius 1 is 1.12 bits per heavy atom. The monoisotopic (exact) mass is 461 g/mol. The Balaban J connectivity index is 1.58. The van der Waals surface area contributed by atoms with E-state index in [2.05, 4.69) is 10.4 Å². The molecule has 1 aliphatic carbocycles. The molecule has 0 spiro atoms. The summed E-state index contributed by atoms with van der Waals surface area (Å²) in [5, 5.41) is 1.26. The zero-order valence-electron chi connectivity index (χ0n) is 19.8. The molecule has 0 saturated heterocycles. The van der Waals surface area contributed by atoms with Gasteiger partial charge < -0.3 is 4.74 Å². The van der Waals surface area contributed by atoms with E-state index in [1.165, 1.54) is 24.2 Å². The lowest BCUT2D eigenvalue weighted by Gasteiger charge is -2.23. The molecule has 0 unspecified atom stereocenters. The molecule has 1 heterocycles. The Bertz CT molecular complexity index is 1250. The number of aromatic nitrogens is 1. The minimum absolute atomic E-state index is 0.0443. The van der Waals surface area contributed by atoms with Crippen molar-refractivity contribution in [2.45, 2.75) is 53.0 Å². The highest BCUT2D eigenvalue weighted by atomic mass is 19.1. The number of pyridine rings is 1. The van der Waals surface area contributed by atoms with Gasteiger partial charge in [0.2, 0.25) is 5.91 Å². The first-order chi connectivity index (χ1) is 16.2. The summed E-state index contributed by atoms with van der Waals surface area (Å²) in [4.78, 5) is 29.7. The highest BCUT2D eigenvalue weighted by Gasteiger charge is 2.28. The van der Waals surface area contributed by atoms with Crippen molar-refractivity contribution in [1.82, 2.24) is 15.4 Å². The van der Waals surface area contributed by atoms with Crippen LogP contribution in [0.1, 0.15) is 64.0 Å². The van der Waals surface area contributed by atoms with Crippen LogP contribution in [0.3, 0.4) is 0 Å². The van der Waals surface area contributed by atoms with Gasteiger partial charge in [0.1, 0.15) is 0 Å². The van der Waals surface area contributed by atoms with Crippen LogP contribution in [0.25, 0.3) is 0 Å². The van der Waals surface area contributed by atoms with Crippen LogP contribution in [0.2, 0.25) is 0 Å². The van der Waals surface area contributed by atoms with Crippen molar-refractivity contribution >= 4 is 11.8 Å². The lowest BCUT2D eigenvalue weighted by atomic mass is 10.1. The second-order valence-electron chi connectivity index (χ2n) is 8.83. The zero-order chi connectivity index (χ0) is 24.4. The van der Waals surface area contributed by atoms with Crippen LogP contribution in [0.15, 0.2) is 48.7 Å². The van der Waals surface area contributed by atoms with Gasteiger partial charge in [-0.2, -0.15) is 0 Å². The van der Waals surface area contributed by atoms with E-state index in [1.54, 1.807) is 25.1 Å². The molecule has 1 N–H and O–H groups in total. The fraction of sp³-hybridized carbons (Fsp3) is 0.296. The molecule has 1 aromatic heterocycles. The number of aryl methyl sites for hydroxylation is 3. The number of rotatable bonds is 6. The van der Waals surface area contributed by atoms with Crippen LogP contribution < -0.4 is 10.2 Å². The molecule has 1 fully saturated rings. The third kappa shape index (κ3) is 5.25. The van der Waals surface area contributed by atoms with Crippen molar-refractivity contribution in [1.29, 1.82) is 0 Å². The molecule has 34 heavy (non-hydrogen) atoms. The van der Waals surface area contributed by atoms with Crippen LogP contribution in [0.4, 0.5) is 4.39 Å². The molecule has 0 aliphatic heterocycles. The van der Waals surface area contributed by atoms with Gasteiger partial charge in [0.25, 0.3) is 5.91 Å². The molecule has 1 saturated carbocycles. The number of hydrogen-bond acceptors (Lipinski definition) is 4. The lowest BCUT2D eigenvalue weighted by molar-refractivity contribution is -0.131. The summed E-state index contributed by atoms with van der Waals surface area (Å²) in [5.41, 5.74) is 7.11. The van der Waals surface area contributed by atoms with Crippen molar-refractivity contribution in [2.75, 3.05) is 0 Å². The predicted octanol–water partition coefficient (Wildman–Crippen LogP) is 5.51. The summed E-state index contributed by atoms with van der Waals surface area (Å²) < 4.78 is 20.8. The normalized spacial score (nSPS) is 12.9. The topological polar surface area (TPSA) is 71.5 Å². The van der Waals surface area contributed by atoms with E-state index < -0.39 is 11.7 Å². The maximum absolute atomic E-state index is 15.0. The maximum atomic E-state index is 15.0. The summed E-state index contributed by atoms with van der Waals surface area (Å²) in [7, 11) is 0. The number of carbonyl (C=O) groups excluding carboxylic acids is 2. The molecule has 0 atom stereocenters. The molecular weight excluding hydrogens is 433 g/mol. The molecule has 4 rings (SSSR count). The second-order valence-corrected chi connectivity index (χ2v) is 8.83. The van der Waals surface area contributed by atoms with Crippen molar-refractivity contribution in [2.24, 2.45) is 0 Å². The first-order valence-corrected chi connectivity index (χ1v) is 11.3. The van der Waals surface area contributed by atoms with E-state index in [4.69, 9.17) is 4.74 Å². The van der Waals surface area contributed by atoms with Gasteiger partial charge in [0, 0.05) is 12.6 Å². The Morgan fingerprint density at radius 2 is 1.88 bits per heavy atom. The van der Waals surface area contributed by atoms with Crippen LogP contribution in [-0.4, -0.2) is 21.8 Å². The van der Waals surface area contributed by atoms with Gasteiger partial charge in [-0.25, -0.2) is 9.40 Å². The maximum Gasteiger partial charge on any atom is 0.273 e. The summed E-state index contributed by atoms with van der Waals surface area (Å²) in [5.74, 6) is -0.897. The summed E-state index contributed by atoms with van der Waals surface area (Å²) in [6, 6.07) is 12.5. The molecule has 3 aromatic rings. The second kappa shape index (κ2) is 9.63. The van der Waals surface area contributed by atoms with Crippen molar-refractivity contribution < 1.29 is 18.7 Å². The molecule has 2 aromatic carbocycles. The average Bonchev–Trinajstić information content (AvgIpc) is 3.62. The van der Waals surface area contributed by atoms with E-state index in [0.29, 0.717) is 11.3 Å². The Hall–Kier alpha value is -3.74. The van der Waals surface area contributed by atoms with Crippen molar-refractivity contribution in [3.05, 3.63) is 88.0 Å². The molecule has 7 heteroatoms. The number of hydrazine groups is 1. The molecule has 176 valence electrons. The highest BCUT2D eigenvalue weighted by Crippen LogP contribution is 2.43. The van der Waals surface area contributed by atoms with Gasteiger partial charge in [-0.15, -0.1) is 0 Å². The van der Waals surface area contributed by atoms with Gasteiger partial charge >= 0.3 is 0 Å². The fourth-order valence-electron chi connectivity index (χ4n) is 3.85. The number of ether oxygens (including phenoxy) is 1. The molecule has 6 nitrogen and oxygen atoms in total. The number of halogens is 1. The summed E-state index contributed by atoms with van der Waals surface area (Å²) >= 11 is 0. The van der Waals surface area contributed by atoms with Gasteiger partial charge in [-0.1, -0.05) is 35.9 Å². The molecule has 2 amide bonds. The SMILES string of the molecule is CC(=O)N(Cc1ccc(C)cc1C)NC(=O)c1cc(C)ncc1Oc1cccc(C2CC2)c1F. The standard InChI is InChI=1S/C27H28FN3O3/c1-16-8-9-21(17(2)12-16)15-31(19(4)32)30-27(33)23-13-18(3)29-14-25(23)34-24-7-5-6-22(26(24)28)20-10-11-20/h5-9,12-14,20H,10-11,15H2,1-4H3,(H,30,33). The van der Waals surface area contributed by atoms with E-state index in [-0.39, 0.29) is 35.4 Å². The Kier molecular flexibility index (Phi) is 6.63. The van der Waals surface area contributed by atoms with Crippen molar-refractivity contribution in [3.63, 3.8) is 0 Å². The molecule has 0 bridgehead atoms. The fourth-order valence-corrected chi connectivity index (χ4v) is 3.85. The zero-order valence-corrected chi connectivity index (χ0v) is 19.8. The molecular formula is C27H28FN3O3. The number of benzene rings is 2.